The summed E-state index contributed by atoms with van der Waals surface area (Å²) in [6.07, 6.45) is 3.75. The molecule has 2 fully saturated rings. The lowest BCUT2D eigenvalue weighted by atomic mass is 9.74. The van der Waals surface area contributed by atoms with E-state index in [4.69, 9.17) is 4.74 Å². The molecule has 0 spiro atoms. The van der Waals surface area contributed by atoms with Gasteiger partial charge in [0.05, 0.1) is 6.54 Å². The van der Waals surface area contributed by atoms with Gasteiger partial charge in [-0.3, -0.25) is 0 Å². The lowest BCUT2D eigenvalue weighted by Gasteiger charge is -2.43. The number of carbonyl (C=O) groups excluding carboxylic acids is 1. The molecule has 1 N–H and O–H groups in total. The van der Waals surface area contributed by atoms with E-state index in [9.17, 15) is 14.7 Å². The molecule has 0 aromatic carbocycles. The van der Waals surface area contributed by atoms with E-state index in [0.717, 1.165) is 19.3 Å². The highest BCUT2D eigenvalue weighted by Crippen LogP contribution is 2.39. The number of likely N-dealkylation sites (tertiary alicyclic amines) is 1. The number of piperidine rings is 1. The molecule has 0 aromatic rings. The van der Waals surface area contributed by atoms with Gasteiger partial charge in [0.1, 0.15) is 12.1 Å². The van der Waals surface area contributed by atoms with Crippen LogP contribution in [-0.2, 0) is 4.74 Å². The Morgan fingerprint density at radius 3 is 2.25 bits per heavy atom. The molecule has 5 heteroatoms. The zero-order valence-electron chi connectivity index (χ0n) is 12.7. The number of carbonyl (C=O) groups is 2. The van der Waals surface area contributed by atoms with E-state index in [1.807, 2.05) is 0 Å². The molecule has 1 aliphatic heterocycles. The quantitative estimate of drug-likeness (QED) is 0.690. The molecule has 1 unspecified atom stereocenters. The van der Waals surface area contributed by atoms with Crippen molar-refractivity contribution in [2.45, 2.75) is 58.5 Å². The topological polar surface area (TPSA) is 63.6 Å². The smallest absolute Gasteiger partial charge is 0.435 e. The van der Waals surface area contributed by atoms with Crippen LogP contribution in [0, 0.1) is 11.8 Å². The zero-order valence-corrected chi connectivity index (χ0v) is 12.7. The number of imide groups is 1. The van der Waals surface area contributed by atoms with Crippen LogP contribution in [-0.4, -0.2) is 40.5 Å². The molecule has 2 aliphatic rings. The summed E-state index contributed by atoms with van der Waals surface area (Å²) < 4.78 is 4.83. The van der Waals surface area contributed by atoms with Gasteiger partial charge in [-0.2, -0.15) is 9.59 Å². The minimum atomic E-state index is -1.07. The maximum Gasteiger partial charge on any atom is 0.527 e. The molecule has 114 valence electrons. The van der Waals surface area contributed by atoms with Crippen LogP contribution >= 0.6 is 0 Å². The van der Waals surface area contributed by atoms with E-state index >= 15 is 0 Å². The molecular weight excluding hydrogens is 258 g/mol. The summed E-state index contributed by atoms with van der Waals surface area (Å²) in [6, 6.07) is 0. The predicted octanol–water partition coefficient (Wildman–Crippen LogP) is 3.63. The Morgan fingerprint density at radius 2 is 1.70 bits per heavy atom. The van der Waals surface area contributed by atoms with Crippen molar-refractivity contribution < 1.29 is 23.9 Å². The van der Waals surface area contributed by atoms with Gasteiger partial charge >= 0.3 is 12.2 Å². The van der Waals surface area contributed by atoms with Crippen LogP contribution < -0.4 is 0 Å². The maximum atomic E-state index is 12.4. The number of fused-ring (bicyclic) bond motifs is 1. The molecule has 1 heterocycles. The van der Waals surface area contributed by atoms with Crippen LogP contribution in [0.3, 0.4) is 0 Å². The third-order valence-electron chi connectivity index (χ3n) is 4.60. The van der Waals surface area contributed by atoms with Crippen LogP contribution in [0.1, 0.15) is 52.9 Å². The normalized spacial score (nSPS) is 34.1. The molecule has 5 nitrogen and oxygen atoms in total. The molecule has 2 amide bonds. The monoisotopic (exact) mass is 284 g/mol. The fourth-order valence-electron chi connectivity index (χ4n) is 3.55. The lowest BCUT2D eigenvalue weighted by molar-refractivity contribution is -0.798. The van der Waals surface area contributed by atoms with Gasteiger partial charge in [0.25, 0.3) is 0 Å². The molecule has 1 saturated carbocycles. The molecule has 0 bridgehead atoms. The van der Waals surface area contributed by atoms with Crippen molar-refractivity contribution >= 4 is 12.2 Å². The van der Waals surface area contributed by atoms with Crippen molar-refractivity contribution in [2.75, 3.05) is 13.1 Å². The van der Waals surface area contributed by atoms with Crippen LogP contribution in [0.2, 0.25) is 0 Å². The second kappa shape index (κ2) is 5.35. The molecule has 3 atom stereocenters. The number of carboxylic acid groups (broad SMARTS) is 1. The summed E-state index contributed by atoms with van der Waals surface area (Å²) in [5, 5.41) is 9.62. The Morgan fingerprint density at radius 1 is 1.10 bits per heavy atom. The van der Waals surface area contributed by atoms with Gasteiger partial charge in [0.2, 0.25) is 0 Å². The summed E-state index contributed by atoms with van der Waals surface area (Å²) in [6.45, 7) is 6.09. The lowest BCUT2D eigenvalue weighted by Crippen LogP contribution is -2.63. The van der Waals surface area contributed by atoms with Gasteiger partial charge in [-0.05, 0) is 39.5 Å². The molecule has 0 radical (unpaired) electrons. The van der Waals surface area contributed by atoms with E-state index in [1.165, 1.54) is 12.8 Å². The molecule has 0 aromatic heterocycles. The molecule has 1 saturated heterocycles. The SMILES string of the molecule is CC(C)(C)OC(=O)[N@@+]1(C(=O)O)CC[C@H]2CCCCC2C1. The predicted molar refractivity (Wildman–Crippen MR) is 74.3 cm³/mol. The summed E-state index contributed by atoms with van der Waals surface area (Å²) in [4.78, 5) is 24.2. The van der Waals surface area contributed by atoms with Crippen molar-refractivity contribution in [1.82, 2.24) is 0 Å². The number of hydrogen-bond acceptors (Lipinski definition) is 3. The first kappa shape index (κ1) is 15.3. The van der Waals surface area contributed by atoms with E-state index in [-0.39, 0.29) is 0 Å². The van der Waals surface area contributed by atoms with Crippen molar-refractivity contribution in [1.29, 1.82) is 0 Å². The molecular formula is C15H26NO4+. The molecule has 20 heavy (non-hydrogen) atoms. The summed E-state index contributed by atoms with van der Waals surface area (Å²) >= 11 is 0. The van der Waals surface area contributed by atoms with E-state index in [1.54, 1.807) is 20.8 Å². The minimum absolute atomic E-state index is 0.348. The van der Waals surface area contributed by atoms with E-state index in [2.05, 4.69) is 0 Å². The largest absolute Gasteiger partial charge is 0.527 e. The highest BCUT2D eigenvalue weighted by molar-refractivity contribution is 5.75. The summed E-state index contributed by atoms with van der Waals surface area (Å²) in [5.74, 6) is 0.943. The summed E-state index contributed by atoms with van der Waals surface area (Å²) in [7, 11) is 0. The number of hydrogen-bond donors (Lipinski definition) is 1. The fourth-order valence-corrected chi connectivity index (χ4v) is 3.55. The van der Waals surface area contributed by atoms with Gasteiger partial charge in [-0.15, -0.1) is 4.48 Å². The fraction of sp³-hybridized carbons (Fsp3) is 0.867. The van der Waals surface area contributed by atoms with Crippen molar-refractivity contribution in [3.8, 4) is 0 Å². The first-order valence-corrected chi connectivity index (χ1v) is 7.59. The Kier molecular flexibility index (Phi) is 4.09. The number of quaternary nitrogens is 1. The molecule has 1 aliphatic carbocycles. The maximum absolute atomic E-state index is 12.4. The van der Waals surface area contributed by atoms with Crippen molar-refractivity contribution in [2.24, 2.45) is 11.8 Å². The standard InChI is InChI=1S/C15H25NO4/c1-15(2,3)20-14(19)16(13(17)18)9-8-11-6-4-5-7-12(11)10-16/h11-12H,4-10H2,1-3H3/p+1/t11-,12?,16+/m1/s1. The van der Waals surface area contributed by atoms with Crippen LogP contribution in [0.25, 0.3) is 0 Å². The van der Waals surface area contributed by atoms with Gasteiger partial charge in [0, 0.05) is 12.3 Å². The zero-order chi connectivity index (χ0) is 15.0. The third kappa shape index (κ3) is 2.97. The number of rotatable bonds is 0. The van der Waals surface area contributed by atoms with E-state index < -0.39 is 22.3 Å². The third-order valence-corrected chi connectivity index (χ3v) is 4.60. The Bertz CT molecular complexity index is 401. The van der Waals surface area contributed by atoms with Crippen LogP contribution in [0.4, 0.5) is 9.59 Å². The Hall–Kier alpha value is -1.10. The van der Waals surface area contributed by atoms with E-state index in [0.29, 0.717) is 24.9 Å². The Balaban J connectivity index is 2.18. The van der Waals surface area contributed by atoms with Crippen molar-refractivity contribution in [3.63, 3.8) is 0 Å². The average molecular weight is 284 g/mol. The first-order valence-electron chi connectivity index (χ1n) is 7.59. The Labute approximate surface area is 120 Å². The van der Waals surface area contributed by atoms with Gasteiger partial charge in [0.15, 0.2) is 0 Å². The van der Waals surface area contributed by atoms with Gasteiger partial charge in [-0.25, -0.2) is 0 Å². The second-order valence-electron chi connectivity index (χ2n) is 7.23. The number of nitrogens with zero attached hydrogens (tertiary/aromatic N) is 1. The van der Waals surface area contributed by atoms with Crippen molar-refractivity contribution in [3.05, 3.63) is 0 Å². The average Bonchev–Trinajstić information content (AvgIpc) is 2.35. The summed E-state index contributed by atoms with van der Waals surface area (Å²) in [5.41, 5.74) is -0.652. The number of amides is 2. The van der Waals surface area contributed by atoms with Crippen LogP contribution in [0.15, 0.2) is 0 Å². The van der Waals surface area contributed by atoms with Gasteiger partial charge in [-0.1, -0.05) is 12.8 Å². The van der Waals surface area contributed by atoms with Crippen LogP contribution in [0.5, 0.6) is 0 Å². The van der Waals surface area contributed by atoms with Gasteiger partial charge < -0.3 is 9.84 Å². The first-order chi connectivity index (χ1) is 9.24. The second-order valence-corrected chi connectivity index (χ2v) is 7.23. The molecule has 2 rings (SSSR count). The minimum Gasteiger partial charge on any atom is -0.435 e. The highest BCUT2D eigenvalue weighted by atomic mass is 16.6. The highest BCUT2D eigenvalue weighted by Gasteiger charge is 2.54. The number of ether oxygens (including phenoxy) is 1.